The van der Waals surface area contributed by atoms with E-state index in [1.54, 1.807) is 12.6 Å². The molecule has 0 radical (unpaired) electrons. The summed E-state index contributed by atoms with van der Waals surface area (Å²) in [6.07, 6.45) is 0. The molecule has 2 rings (SSSR count). The van der Waals surface area contributed by atoms with E-state index in [-0.39, 0.29) is 17.2 Å². The molecule has 0 bridgehead atoms. The monoisotopic (exact) mass is 306 g/mol. The van der Waals surface area contributed by atoms with Crippen LogP contribution in [0, 0.1) is 17.0 Å². The number of aromatic nitrogens is 1. The quantitative estimate of drug-likeness (QED) is 0.652. The van der Waals surface area contributed by atoms with Crippen LogP contribution in [0.4, 0.5) is 11.4 Å². The Hall–Kier alpha value is -2.48. The highest BCUT2D eigenvalue weighted by atomic mass is 32.1. The van der Waals surface area contributed by atoms with Crippen molar-refractivity contribution in [2.24, 2.45) is 0 Å². The van der Waals surface area contributed by atoms with Gasteiger partial charge in [-0.05, 0) is 13.0 Å². The number of hydrogen-bond acceptors (Lipinski definition) is 6. The van der Waals surface area contributed by atoms with Crippen molar-refractivity contribution in [1.29, 1.82) is 0 Å². The van der Waals surface area contributed by atoms with Crippen LogP contribution in [0.1, 0.15) is 20.9 Å². The minimum atomic E-state index is -0.524. The number of nitrogens with one attached hydrogen (secondary N) is 2. The van der Waals surface area contributed by atoms with Gasteiger partial charge in [0, 0.05) is 29.7 Å². The van der Waals surface area contributed by atoms with E-state index in [1.165, 1.54) is 29.5 Å². The molecule has 0 fully saturated rings. The van der Waals surface area contributed by atoms with E-state index in [1.807, 2.05) is 6.92 Å². The molecule has 2 N–H and O–H groups in total. The number of carbonyl (C=O) groups is 1. The maximum Gasteiger partial charge on any atom is 0.270 e. The van der Waals surface area contributed by atoms with Gasteiger partial charge in [0.25, 0.3) is 11.6 Å². The number of aryl methyl sites for hydroxylation is 1. The fourth-order valence-corrected chi connectivity index (χ4v) is 2.52. The topological polar surface area (TPSA) is 97.2 Å². The van der Waals surface area contributed by atoms with E-state index in [2.05, 4.69) is 15.6 Å². The summed E-state index contributed by atoms with van der Waals surface area (Å²) in [5, 5.41) is 16.4. The number of amides is 1. The molecule has 110 valence electrons. The first-order chi connectivity index (χ1) is 10.0. The fraction of sp³-hybridized carbons (Fsp3) is 0.231. The molecule has 1 aromatic carbocycles. The second-order valence-corrected chi connectivity index (χ2v) is 5.22. The Balaban J connectivity index is 2.19. The lowest BCUT2D eigenvalue weighted by atomic mass is 10.1. The molecule has 7 nitrogen and oxygen atoms in total. The highest BCUT2D eigenvalue weighted by Crippen LogP contribution is 2.22. The normalized spacial score (nSPS) is 10.2. The summed E-state index contributed by atoms with van der Waals surface area (Å²) < 4.78 is 0. The van der Waals surface area contributed by atoms with E-state index in [0.29, 0.717) is 12.2 Å². The maximum absolute atomic E-state index is 12.2. The van der Waals surface area contributed by atoms with Crippen LogP contribution in [0.3, 0.4) is 0 Å². The number of carbonyl (C=O) groups excluding carboxylic acids is 1. The SMILES string of the molecule is CNc1ccc([N+](=O)[O-])cc1C(=O)NCc1scnc1C. The van der Waals surface area contributed by atoms with Crippen molar-refractivity contribution in [2.45, 2.75) is 13.5 Å². The van der Waals surface area contributed by atoms with E-state index in [9.17, 15) is 14.9 Å². The number of anilines is 1. The van der Waals surface area contributed by atoms with Gasteiger partial charge < -0.3 is 10.6 Å². The third-order valence-corrected chi connectivity index (χ3v) is 3.92. The van der Waals surface area contributed by atoms with Crippen LogP contribution in [-0.2, 0) is 6.54 Å². The lowest BCUT2D eigenvalue weighted by Gasteiger charge is -2.09. The summed E-state index contributed by atoms with van der Waals surface area (Å²) in [6, 6.07) is 4.14. The van der Waals surface area contributed by atoms with E-state index in [0.717, 1.165) is 10.6 Å². The van der Waals surface area contributed by atoms with Crippen molar-refractivity contribution < 1.29 is 9.72 Å². The molecule has 1 aromatic heterocycles. The number of rotatable bonds is 5. The molecule has 0 aliphatic heterocycles. The van der Waals surface area contributed by atoms with Gasteiger partial charge in [-0.25, -0.2) is 4.98 Å². The smallest absolute Gasteiger partial charge is 0.270 e. The van der Waals surface area contributed by atoms with Gasteiger partial charge in [-0.3, -0.25) is 14.9 Å². The van der Waals surface area contributed by atoms with E-state index in [4.69, 9.17) is 0 Å². The average molecular weight is 306 g/mol. The zero-order chi connectivity index (χ0) is 15.4. The molecule has 1 heterocycles. The molecule has 0 saturated carbocycles. The number of thiazole rings is 1. The number of benzene rings is 1. The van der Waals surface area contributed by atoms with Crippen molar-refractivity contribution in [3.63, 3.8) is 0 Å². The summed E-state index contributed by atoms with van der Waals surface area (Å²) in [5.41, 5.74) is 3.25. The first-order valence-electron chi connectivity index (χ1n) is 6.16. The molecule has 1 amide bonds. The Morgan fingerprint density at radius 1 is 1.48 bits per heavy atom. The van der Waals surface area contributed by atoms with Gasteiger partial charge in [-0.2, -0.15) is 0 Å². The van der Waals surface area contributed by atoms with Crippen LogP contribution < -0.4 is 10.6 Å². The van der Waals surface area contributed by atoms with Crippen molar-refractivity contribution in [1.82, 2.24) is 10.3 Å². The highest BCUT2D eigenvalue weighted by molar-refractivity contribution is 7.09. The lowest BCUT2D eigenvalue weighted by molar-refractivity contribution is -0.384. The Kier molecular flexibility index (Phi) is 4.49. The standard InChI is InChI=1S/C13H14N4O3S/c1-8-12(21-7-16-8)6-15-13(18)10-5-9(17(19)20)3-4-11(10)14-2/h3-5,7,14H,6H2,1-2H3,(H,15,18). The van der Waals surface area contributed by atoms with Gasteiger partial charge in [0.2, 0.25) is 0 Å². The predicted molar refractivity (Wildman–Crippen MR) is 80.7 cm³/mol. The number of nitro groups is 1. The van der Waals surface area contributed by atoms with Gasteiger partial charge in [-0.15, -0.1) is 11.3 Å². The summed E-state index contributed by atoms with van der Waals surface area (Å²) in [4.78, 5) is 27.6. The van der Waals surface area contributed by atoms with Crippen molar-refractivity contribution in [2.75, 3.05) is 12.4 Å². The number of non-ortho nitro benzene ring substituents is 1. The second-order valence-electron chi connectivity index (χ2n) is 4.28. The first-order valence-corrected chi connectivity index (χ1v) is 7.04. The summed E-state index contributed by atoms with van der Waals surface area (Å²) in [7, 11) is 1.66. The summed E-state index contributed by atoms with van der Waals surface area (Å²) in [6.45, 7) is 2.21. The Morgan fingerprint density at radius 2 is 2.24 bits per heavy atom. The lowest BCUT2D eigenvalue weighted by Crippen LogP contribution is -2.23. The van der Waals surface area contributed by atoms with Crippen LogP contribution in [0.2, 0.25) is 0 Å². The van der Waals surface area contributed by atoms with Crippen LogP contribution >= 0.6 is 11.3 Å². The largest absolute Gasteiger partial charge is 0.387 e. The molecule has 0 spiro atoms. The van der Waals surface area contributed by atoms with Crippen LogP contribution in [0.15, 0.2) is 23.7 Å². The third kappa shape index (κ3) is 3.34. The van der Waals surface area contributed by atoms with Crippen LogP contribution in [0.25, 0.3) is 0 Å². The van der Waals surface area contributed by atoms with Gasteiger partial charge in [0.15, 0.2) is 0 Å². The molecule has 0 atom stereocenters. The molecule has 0 aliphatic rings. The van der Waals surface area contributed by atoms with Crippen molar-refractivity contribution >= 4 is 28.6 Å². The Labute approximate surface area is 125 Å². The van der Waals surface area contributed by atoms with Crippen LogP contribution in [-0.4, -0.2) is 22.9 Å². The minimum absolute atomic E-state index is 0.117. The van der Waals surface area contributed by atoms with Gasteiger partial charge >= 0.3 is 0 Å². The number of nitrogens with zero attached hydrogens (tertiary/aromatic N) is 2. The molecular weight excluding hydrogens is 292 g/mol. The fourth-order valence-electron chi connectivity index (χ4n) is 1.80. The zero-order valence-electron chi connectivity index (χ0n) is 11.5. The third-order valence-electron chi connectivity index (χ3n) is 2.98. The van der Waals surface area contributed by atoms with Gasteiger partial charge in [-0.1, -0.05) is 0 Å². The van der Waals surface area contributed by atoms with Crippen molar-refractivity contribution in [3.8, 4) is 0 Å². The summed E-state index contributed by atoms with van der Waals surface area (Å²) >= 11 is 1.46. The van der Waals surface area contributed by atoms with E-state index < -0.39 is 4.92 Å². The second kappa shape index (κ2) is 6.31. The zero-order valence-corrected chi connectivity index (χ0v) is 12.4. The molecular formula is C13H14N4O3S. The van der Waals surface area contributed by atoms with E-state index >= 15 is 0 Å². The molecule has 2 aromatic rings. The van der Waals surface area contributed by atoms with Gasteiger partial charge in [0.1, 0.15) is 0 Å². The highest BCUT2D eigenvalue weighted by Gasteiger charge is 2.16. The molecule has 0 saturated heterocycles. The Bertz CT molecular complexity index is 684. The van der Waals surface area contributed by atoms with Crippen LogP contribution in [0.5, 0.6) is 0 Å². The summed E-state index contributed by atoms with van der Waals surface area (Å²) in [5.74, 6) is -0.365. The minimum Gasteiger partial charge on any atom is -0.387 e. The van der Waals surface area contributed by atoms with Crippen molar-refractivity contribution in [3.05, 3.63) is 50.0 Å². The molecule has 21 heavy (non-hydrogen) atoms. The average Bonchev–Trinajstić information content (AvgIpc) is 2.89. The molecule has 0 aliphatic carbocycles. The first kappa shape index (κ1) is 14.9. The number of hydrogen-bond donors (Lipinski definition) is 2. The predicted octanol–water partition coefficient (Wildman–Crippen LogP) is 2.33. The molecule has 0 unspecified atom stereocenters. The number of nitro benzene ring substituents is 1. The molecule has 8 heteroatoms. The maximum atomic E-state index is 12.2. The Morgan fingerprint density at radius 3 is 2.81 bits per heavy atom. The van der Waals surface area contributed by atoms with Gasteiger partial charge in [0.05, 0.1) is 28.2 Å².